The van der Waals surface area contributed by atoms with Gasteiger partial charge < -0.3 is 39.9 Å². The Labute approximate surface area is 355 Å². The number of esters is 2. The maximum Gasteiger partial charge on any atom is 0.472 e. The largest absolute Gasteiger partial charge is 0.472 e. The predicted molar refractivity (Wildman–Crippen MR) is 230 cm³/mol. The van der Waals surface area contributed by atoms with Gasteiger partial charge in [-0.25, -0.2) is 4.57 Å². The number of carbonyl (C=O) groups excluding carboxylic acids is 2. The van der Waals surface area contributed by atoms with E-state index >= 15 is 0 Å². The first-order valence-corrected chi connectivity index (χ1v) is 24.2. The SMILES string of the molecule is C=CCCCCCCCCCCCCCCCC(=O)OC[C@H](COP(=O)(O)OC1C(O)C(O)C(O)[C@@H](O)C1O)OC(=O)CCCC/C=C/C/C=C/CCCCCCCC. The van der Waals surface area contributed by atoms with Crippen molar-refractivity contribution in [1.82, 2.24) is 0 Å². The summed E-state index contributed by atoms with van der Waals surface area (Å²) in [6.45, 7) is 4.79. The first-order valence-electron chi connectivity index (χ1n) is 22.8. The molecule has 6 unspecified atom stereocenters. The summed E-state index contributed by atoms with van der Waals surface area (Å²) in [5.41, 5.74) is 0. The molecule has 1 aliphatic carbocycles. The minimum atomic E-state index is -5.12. The van der Waals surface area contributed by atoms with E-state index in [4.69, 9.17) is 18.5 Å². The lowest BCUT2D eigenvalue weighted by atomic mass is 9.85. The van der Waals surface area contributed by atoms with Crippen molar-refractivity contribution in [2.24, 2.45) is 0 Å². The molecule has 14 heteroatoms. The quantitative estimate of drug-likeness (QED) is 0.0149. The Hall–Kier alpha value is -1.93. The zero-order chi connectivity index (χ0) is 43.6. The van der Waals surface area contributed by atoms with Gasteiger partial charge in [0.1, 0.15) is 43.2 Å². The lowest BCUT2D eigenvalue weighted by Gasteiger charge is -2.41. The molecule has 13 nitrogen and oxygen atoms in total. The van der Waals surface area contributed by atoms with Crippen LogP contribution in [0, 0.1) is 0 Å². The maximum absolute atomic E-state index is 12.8. The van der Waals surface area contributed by atoms with Crippen LogP contribution in [0.3, 0.4) is 0 Å². The molecule has 0 aromatic carbocycles. The van der Waals surface area contributed by atoms with Crippen LogP contribution in [-0.2, 0) is 32.7 Å². The summed E-state index contributed by atoms with van der Waals surface area (Å²) in [5, 5.41) is 50.1. The van der Waals surface area contributed by atoms with Crippen molar-refractivity contribution in [1.29, 1.82) is 0 Å². The topological polar surface area (TPSA) is 210 Å². The van der Waals surface area contributed by atoms with E-state index in [1.807, 2.05) is 6.08 Å². The van der Waals surface area contributed by atoms with Crippen LogP contribution in [-0.4, -0.2) is 98.3 Å². The third-order valence-corrected chi connectivity index (χ3v) is 11.6. The predicted octanol–water partition coefficient (Wildman–Crippen LogP) is 8.61. The third kappa shape index (κ3) is 28.3. The van der Waals surface area contributed by atoms with Gasteiger partial charge in [-0.05, 0) is 57.8 Å². The molecule has 0 heterocycles. The van der Waals surface area contributed by atoms with Gasteiger partial charge >= 0.3 is 19.8 Å². The van der Waals surface area contributed by atoms with E-state index in [9.17, 15) is 44.6 Å². The van der Waals surface area contributed by atoms with E-state index in [1.54, 1.807) is 0 Å². The standard InChI is InChI=1S/C45H81O13P/c1-3-5-7-9-11-13-15-17-19-21-23-25-27-29-31-33-38(46)55-35-37(36-56-59(53,54)58-45-43(51)41(49)40(48)42(50)44(45)52)57-39(47)34-32-30-28-26-24-22-20-18-16-14-12-10-8-6-4-2/h3,18,20,24,26,37,40-45,48-52H,1,4-17,19,21-23,25,27-36H2,2H3,(H,53,54)/b20-18+,26-24+/t37-,40?,41-,42?,43?,44?,45?/m1/s1. The summed E-state index contributed by atoms with van der Waals surface area (Å²) >= 11 is 0. The third-order valence-electron chi connectivity index (χ3n) is 10.6. The van der Waals surface area contributed by atoms with Crippen LogP contribution in [0.2, 0.25) is 0 Å². The molecule has 0 amide bonds. The fraction of sp³-hybridized carbons (Fsp3) is 0.822. The number of aliphatic hydroxyl groups excluding tert-OH is 5. The van der Waals surface area contributed by atoms with Crippen molar-refractivity contribution in [2.75, 3.05) is 13.2 Å². The first-order chi connectivity index (χ1) is 28.4. The average Bonchev–Trinajstić information content (AvgIpc) is 3.21. The average molecular weight is 861 g/mol. The molecule has 1 rings (SSSR count). The van der Waals surface area contributed by atoms with Crippen molar-refractivity contribution >= 4 is 19.8 Å². The minimum Gasteiger partial charge on any atom is -0.462 e. The number of unbranched alkanes of at least 4 members (excludes halogenated alkanes) is 21. The van der Waals surface area contributed by atoms with Crippen molar-refractivity contribution in [3.05, 3.63) is 37.0 Å². The van der Waals surface area contributed by atoms with Crippen LogP contribution in [0.4, 0.5) is 0 Å². The molecule has 0 bridgehead atoms. The lowest BCUT2D eigenvalue weighted by molar-refractivity contribution is -0.220. The Morgan fingerprint density at radius 3 is 1.53 bits per heavy atom. The molecule has 1 saturated carbocycles. The zero-order valence-electron chi connectivity index (χ0n) is 36.1. The molecule has 344 valence electrons. The van der Waals surface area contributed by atoms with Crippen LogP contribution >= 0.6 is 7.82 Å². The van der Waals surface area contributed by atoms with Crippen molar-refractivity contribution in [2.45, 2.75) is 223 Å². The van der Waals surface area contributed by atoms with E-state index in [0.29, 0.717) is 12.8 Å². The summed E-state index contributed by atoms with van der Waals surface area (Å²) in [4.78, 5) is 35.6. The number of carbonyl (C=O) groups is 2. The number of hydrogen-bond donors (Lipinski definition) is 6. The van der Waals surface area contributed by atoms with Gasteiger partial charge in [0.25, 0.3) is 0 Å². The zero-order valence-corrected chi connectivity index (χ0v) is 37.0. The highest BCUT2D eigenvalue weighted by Gasteiger charge is 2.51. The fourth-order valence-corrected chi connectivity index (χ4v) is 7.86. The highest BCUT2D eigenvalue weighted by Crippen LogP contribution is 2.47. The fourth-order valence-electron chi connectivity index (χ4n) is 6.89. The molecule has 0 saturated heterocycles. The molecule has 1 aliphatic rings. The Bertz CT molecular complexity index is 1160. The van der Waals surface area contributed by atoms with E-state index in [0.717, 1.165) is 51.4 Å². The second-order valence-corrected chi connectivity index (χ2v) is 17.4. The van der Waals surface area contributed by atoms with Gasteiger partial charge in [-0.2, -0.15) is 0 Å². The number of aliphatic hydroxyl groups is 5. The summed E-state index contributed by atoms with van der Waals surface area (Å²) in [7, 11) is -5.12. The molecule has 0 aromatic heterocycles. The molecule has 6 N–H and O–H groups in total. The molecule has 8 atom stereocenters. The van der Waals surface area contributed by atoms with Crippen LogP contribution in [0.25, 0.3) is 0 Å². The van der Waals surface area contributed by atoms with Gasteiger partial charge in [0.2, 0.25) is 0 Å². The van der Waals surface area contributed by atoms with Crippen LogP contribution in [0.15, 0.2) is 37.0 Å². The van der Waals surface area contributed by atoms with E-state index in [-0.39, 0.29) is 12.8 Å². The molecule has 0 spiro atoms. The van der Waals surface area contributed by atoms with Gasteiger partial charge in [-0.1, -0.05) is 140 Å². The number of allylic oxidation sites excluding steroid dienone is 5. The minimum absolute atomic E-state index is 0.0543. The van der Waals surface area contributed by atoms with E-state index in [2.05, 4.69) is 37.8 Å². The number of phosphoric acid groups is 1. The Morgan fingerprint density at radius 1 is 0.576 bits per heavy atom. The molecule has 0 aliphatic heterocycles. The van der Waals surface area contributed by atoms with E-state index < -0.39 is 75.7 Å². The maximum atomic E-state index is 12.8. The monoisotopic (exact) mass is 861 g/mol. The van der Waals surface area contributed by atoms with Crippen LogP contribution in [0.5, 0.6) is 0 Å². The Kier molecular flexibility index (Phi) is 33.3. The summed E-state index contributed by atoms with van der Waals surface area (Å²) in [6, 6.07) is 0. The van der Waals surface area contributed by atoms with Crippen LogP contribution in [0.1, 0.15) is 180 Å². The van der Waals surface area contributed by atoms with Gasteiger partial charge in [-0.15, -0.1) is 6.58 Å². The summed E-state index contributed by atoms with van der Waals surface area (Å²) in [5.74, 6) is -1.14. The normalized spacial score (nSPS) is 22.4. The summed E-state index contributed by atoms with van der Waals surface area (Å²) < 4.78 is 33.5. The van der Waals surface area contributed by atoms with Gasteiger partial charge in [0.15, 0.2) is 6.10 Å². The Morgan fingerprint density at radius 2 is 1.00 bits per heavy atom. The molecule has 0 aromatic rings. The summed E-state index contributed by atoms with van der Waals surface area (Å²) in [6.07, 6.45) is 25.3. The molecular weight excluding hydrogens is 779 g/mol. The van der Waals surface area contributed by atoms with E-state index in [1.165, 1.54) is 96.3 Å². The number of hydrogen-bond acceptors (Lipinski definition) is 12. The number of phosphoric ester groups is 1. The van der Waals surface area contributed by atoms with Crippen molar-refractivity contribution in [3.63, 3.8) is 0 Å². The molecule has 1 fully saturated rings. The number of rotatable bonds is 38. The highest BCUT2D eigenvalue weighted by molar-refractivity contribution is 7.47. The van der Waals surface area contributed by atoms with Gasteiger partial charge in [0.05, 0.1) is 6.61 Å². The second kappa shape index (κ2) is 35.6. The highest BCUT2D eigenvalue weighted by atomic mass is 31.2. The van der Waals surface area contributed by atoms with Gasteiger partial charge in [0, 0.05) is 12.8 Å². The lowest BCUT2D eigenvalue weighted by Crippen LogP contribution is -2.64. The molecule has 0 radical (unpaired) electrons. The number of ether oxygens (including phenoxy) is 2. The van der Waals surface area contributed by atoms with Gasteiger partial charge in [-0.3, -0.25) is 18.6 Å². The smallest absolute Gasteiger partial charge is 0.462 e. The first kappa shape index (κ1) is 55.1. The second-order valence-electron chi connectivity index (χ2n) is 16.0. The van der Waals surface area contributed by atoms with Crippen LogP contribution < -0.4 is 0 Å². The van der Waals surface area contributed by atoms with Crippen molar-refractivity contribution < 1.29 is 63.1 Å². The Balaban J connectivity index is 2.48. The molecular formula is C45H81O13P. The molecule has 59 heavy (non-hydrogen) atoms. The van der Waals surface area contributed by atoms with Crippen molar-refractivity contribution in [3.8, 4) is 0 Å².